The van der Waals surface area contributed by atoms with E-state index in [0.717, 1.165) is 11.1 Å². The van der Waals surface area contributed by atoms with Gasteiger partial charge in [-0.1, -0.05) is 24.3 Å². The molecule has 6 heteroatoms. The summed E-state index contributed by atoms with van der Waals surface area (Å²) in [5.74, 6) is 0.555. The zero-order valence-electron chi connectivity index (χ0n) is 17.5. The van der Waals surface area contributed by atoms with Crippen molar-refractivity contribution in [1.82, 2.24) is 4.98 Å². The highest BCUT2D eigenvalue weighted by Crippen LogP contribution is 2.23. The van der Waals surface area contributed by atoms with Crippen molar-refractivity contribution in [2.45, 2.75) is 26.9 Å². The van der Waals surface area contributed by atoms with Gasteiger partial charge in [0.25, 0.3) is 5.91 Å². The van der Waals surface area contributed by atoms with Gasteiger partial charge in [-0.3, -0.25) is 4.79 Å². The fraction of sp³-hybridized carbons (Fsp3) is 0.160. The number of amides is 1. The summed E-state index contributed by atoms with van der Waals surface area (Å²) in [6, 6.07) is 19.8. The van der Waals surface area contributed by atoms with E-state index in [2.05, 4.69) is 10.3 Å². The van der Waals surface area contributed by atoms with Gasteiger partial charge >= 0.3 is 5.63 Å². The summed E-state index contributed by atoms with van der Waals surface area (Å²) in [7, 11) is 0. The minimum atomic E-state index is -0.693. The maximum atomic E-state index is 12.6. The molecule has 0 aliphatic rings. The number of nitrogens with zero attached hydrogens (tertiary/aromatic N) is 1. The number of aryl methyl sites for hydroxylation is 2. The SMILES string of the molecule is Cc1cc(C)cc(OC(C)C(=O)Nc2cccc(-c3nc4ccccc4c(=O)o3)c2)c1. The van der Waals surface area contributed by atoms with E-state index < -0.39 is 11.7 Å². The maximum Gasteiger partial charge on any atom is 0.347 e. The topological polar surface area (TPSA) is 81.4 Å². The normalized spacial score (nSPS) is 11.8. The number of rotatable bonds is 5. The molecule has 0 radical (unpaired) electrons. The van der Waals surface area contributed by atoms with Crippen molar-refractivity contribution >= 4 is 22.5 Å². The molecule has 0 fully saturated rings. The Balaban J connectivity index is 1.53. The third-order valence-electron chi connectivity index (χ3n) is 4.79. The Labute approximate surface area is 179 Å². The van der Waals surface area contributed by atoms with E-state index in [1.165, 1.54) is 0 Å². The highest BCUT2D eigenvalue weighted by Gasteiger charge is 2.16. The Hall–Kier alpha value is -3.93. The van der Waals surface area contributed by atoms with Crippen molar-refractivity contribution in [3.63, 3.8) is 0 Å². The first-order valence-electron chi connectivity index (χ1n) is 9.95. The molecular weight excluding hydrogens is 392 g/mol. The number of nitrogens with one attached hydrogen (secondary N) is 1. The second-order valence-electron chi connectivity index (χ2n) is 7.48. The lowest BCUT2D eigenvalue weighted by Gasteiger charge is -2.16. The number of benzene rings is 3. The summed E-state index contributed by atoms with van der Waals surface area (Å²) in [4.78, 5) is 29.3. The van der Waals surface area contributed by atoms with Crippen LogP contribution in [0.25, 0.3) is 22.4 Å². The number of carbonyl (C=O) groups is 1. The van der Waals surface area contributed by atoms with Crippen molar-refractivity contribution in [3.8, 4) is 17.2 Å². The fourth-order valence-corrected chi connectivity index (χ4v) is 3.37. The van der Waals surface area contributed by atoms with E-state index in [1.807, 2.05) is 38.1 Å². The Morgan fingerprint density at radius 1 is 1.00 bits per heavy atom. The largest absolute Gasteiger partial charge is 0.481 e. The average molecular weight is 414 g/mol. The molecule has 6 nitrogen and oxygen atoms in total. The number of hydrogen-bond donors (Lipinski definition) is 1. The van der Waals surface area contributed by atoms with Crippen molar-refractivity contribution in [1.29, 1.82) is 0 Å². The Kier molecular flexibility index (Phi) is 5.54. The predicted octanol–water partition coefficient (Wildman–Crippen LogP) is 4.88. The first kappa shape index (κ1) is 20.3. The van der Waals surface area contributed by atoms with Gasteiger partial charge in [0, 0.05) is 11.3 Å². The maximum absolute atomic E-state index is 12.6. The molecule has 1 aromatic heterocycles. The fourth-order valence-electron chi connectivity index (χ4n) is 3.37. The molecule has 1 unspecified atom stereocenters. The minimum Gasteiger partial charge on any atom is -0.481 e. The van der Waals surface area contributed by atoms with Gasteiger partial charge in [0.05, 0.1) is 10.9 Å². The molecule has 0 bridgehead atoms. The molecule has 0 aliphatic heterocycles. The van der Waals surface area contributed by atoms with Crippen LogP contribution in [-0.4, -0.2) is 17.0 Å². The smallest absolute Gasteiger partial charge is 0.347 e. The van der Waals surface area contributed by atoms with Crippen molar-refractivity contribution in [2.75, 3.05) is 5.32 Å². The Morgan fingerprint density at radius 3 is 2.52 bits per heavy atom. The molecule has 0 saturated carbocycles. The first-order valence-corrected chi connectivity index (χ1v) is 9.95. The summed E-state index contributed by atoms with van der Waals surface area (Å²) >= 11 is 0. The highest BCUT2D eigenvalue weighted by atomic mass is 16.5. The molecule has 0 saturated heterocycles. The number of ether oxygens (including phenoxy) is 1. The van der Waals surface area contributed by atoms with Gasteiger partial charge in [0.2, 0.25) is 5.89 Å². The van der Waals surface area contributed by atoms with Gasteiger partial charge in [0.1, 0.15) is 5.75 Å². The third-order valence-corrected chi connectivity index (χ3v) is 4.79. The van der Waals surface area contributed by atoms with E-state index >= 15 is 0 Å². The van der Waals surface area contributed by atoms with Crippen LogP contribution >= 0.6 is 0 Å². The summed E-state index contributed by atoms with van der Waals surface area (Å²) in [5.41, 5.74) is 3.38. The van der Waals surface area contributed by atoms with E-state index in [0.29, 0.717) is 27.9 Å². The molecule has 1 N–H and O–H groups in total. The highest BCUT2D eigenvalue weighted by molar-refractivity contribution is 5.94. The van der Waals surface area contributed by atoms with Crippen LogP contribution in [0.3, 0.4) is 0 Å². The number of fused-ring (bicyclic) bond motifs is 1. The van der Waals surface area contributed by atoms with Gasteiger partial charge in [-0.25, -0.2) is 9.78 Å². The van der Waals surface area contributed by atoms with Gasteiger partial charge in [-0.2, -0.15) is 0 Å². The van der Waals surface area contributed by atoms with Crippen LogP contribution in [0.5, 0.6) is 5.75 Å². The molecule has 4 aromatic rings. The van der Waals surface area contributed by atoms with Crippen LogP contribution < -0.4 is 15.7 Å². The van der Waals surface area contributed by atoms with Crippen LogP contribution in [0.1, 0.15) is 18.1 Å². The predicted molar refractivity (Wildman–Crippen MR) is 120 cm³/mol. The minimum absolute atomic E-state index is 0.194. The Bertz CT molecular complexity index is 1310. The summed E-state index contributed by atoms with van der Waals surface area (Å²) in [6.07, 6.45) is -0.693. The van der Waals surface area contributed by atoms with Crippen LogP contribution in [-0.2, 0) is 4.79 Å². The quantitative estimate of drug-likeness (QED) is 0.503. The molecule has 4 rings (SSSR count). The van der Waals surface area contributed by atoms with Crippen LogP contribution in [0, 0.1) is 13.8 Å². The molecule has 31 heavy (non-hydrogen) atoms. The molecule has 1 heterocycles. The van der Waals surface area contributed by atoms with E-state index in [4.69, 9.17) is 9.15 Å². The van der Waals surface area contributed by atoms with Crippen molar-refractivity contribution in [2.24, 2.45) is 0 Å². The van der Waals surface area contributed by atoms with Gasteiger partial charge < -0.3 is 14.5 Å². The van der Waals surface area contributed by atoms with Crippen LogP contribution in [0.4, 0.5) is 5.69 Å². The summed E-state index contributed by atoms with van der Waals surface area (Å²) in [6.45, 7) is 5.66. The zero-order valence-corrected chi connectivity index (χ0v) is 17.5. The second-order valence-corrected chi connectivity index (χ2v) is 7.48. The molecular formula is C25H22N2O4. The first-order chi connectivity index (χ1) is 14.9. The molecule has 0 spiro atoms. The molecule has 3 aromatic carbocycles. The lowest BCUT2D eigenvalue weighted by Crippen LogP contribution is -2.30. The van der Waals surface area contributed by atoms with Crippen molar-refractivity contribution < 1.29 is 13.9 Å². The number of para-hydroxylation sites is 1. The van der Waals surface area contributed by atoms with Crippen molar-refractivity contribution in [3.05, 3.63) is 88.3 Å². The number of aromatic nitrogens is 1. The van der Waals surface area contributed by atoms with Gasteiger partial charge in [0.15, 0.2) is 6.10 Å². The monoisotopic (exact) mass is 414 g/mol. The van der Waals surface area contributed by atoms with Gasteiger partial charge in [-0.05, 0) is 74.4 Å². The van der Waals surface area contributed by atoms with E-state index in [9.17, 15) is 9.59 Å². The number of hydrogen-bond acceptors (Lipinski definition) is 5. The Morgan fingerprint density at radius 2 is 1.74 bits per heavy atom. The lowest BCUT2D eigenvalue weighted by molar-refractivity contribution is -0.122. The number of anilines is 1. The van der Waals surface area contributed by atoms with E-state index in [1.54, 1.807) is 49.4 Å². The lowest BCUT2D eigenvalue weighted by atomic mass is 10.1. The van der Waals surface area contributed by atoms with Crippen LogP contribution in [0.15, 0.2) is 75.9 Å². The van der Waals surface area contributed by atoms with Crippen LogP contribution in [0.2, 0.25) is 0 Å². The molecule has 0 aliphatic carbocycles. The summed E-state index contributed by atoms with van der Waals surface area (Å²) in [5, 5.41) is 3.27. The van der Waals surface area contributed by atoms with E-state index in [-0.39, 0.29) is 11.8 Å². The third kappa shape index (κ3) is 4.64. The zero-order chi connectivity index (χ0) is 22.0. The summed E-state index contributed by atoms with van der Waals surface area (Å²) < 4.78 is 11.2. The number of carbonyl (C=O) groups excluding carboxylic acids is 1. The second kappa shape index (κ2) is 8.44. The molecule has 1 atom stereocenters. The standard InChI is InChI=1S/C25H22N2O4/c1-15-11-16(2)13-20(12-15)30-17(3)23(28)26-19-8-6-7-18(14-19)24-27-22-10-5-4-9-21(22)25(29)31-24/h4-14,17H,1-3H3,(H,26,28). The average Bonchev–Trinajstić information content (AvgIpc) is 2.73. The van der Waals surface area contributed by atoms with Gasteiger partial charge in [-0.15, -0.1) is 0 Å². The molecule has 1 amide bonds. The molecule has 156 valence electrons.